The number of hydrogen-bond donors (Lipinski definition) is 2. The summed E-state index contributed by atoms with van der Waals surface area (Å²) in [5.74, 6) is -2.32. The highest BCUT2D eigenvalue weighted by Crippen LogP contribution is 2.24. The molecule has 36 heavy (non-hydrogen) atoms. The number of hydrogen-bond acceptors (Lipinski definition) is 6. The minimum atomic E-state index is -4.99. The van der Waals surface area contributed by atoms with Crippen molar-refractivity contribution < 1.29 is 27.5 Å². The van der Waals surface area contributed by atoms with Crippen LogP contribution in [0.15, 0.2) is 53.3 Å². The van der Waals surface area contributed by atoms with Crippen LogP contribution in [-0.2, 0) is 13.1 Å². The average molecular weight is 526 g/mol. The first-order chi connectivity index (χ1) is 16.9. The first-order valence-electron chi connectivity index (χ1n) is 10.1. The Morgan fingerprint density at radius 3 is 2.44 bits per heavy atom. The Kier molecular flexibility index (Phi) is 6.65. The Balaban J connectivity index is 1.77. The van der Waals surface area contributed by atoms with E-state index in [9.17, 15) is 32.3 Å². The summed E-state index contributed by atoms with van der Waals surface area (Å²) >= 11 is 5.87. The van der Waals surface area contributed by atoms with Gasteiger partial charge in [0.2, 0.25) is 5.82 Å². The van der Waals surface area contributed by atoms with E-state index in [1.807, 2.05) is 0 Å². The number of nitrogens with zero attached hydrogens (tertiary/aromatic N) is 6. The molecule has 2 aromatic heterocycles. The van der Waals surface area contributed by atoms with Crippen LogP contribution in [0.5, 0.6) is 0 Å². The molecule has 0 bridgehead atoms. The van der Waals surface area contributed by atoms with Crippen LogP contribution in [0.2, 0.25) is 5.02 Å². The van der Waals surface area contributed by atoms with Crippen molar-refractivity contribution in [1.82, 2.24) is 29.1 Å². The summed E-state index contributed by atoms with van der Waals surface area (Å²) in [6.07, 6.45) is -7.83. The maximum Gasteiger partial charge on any atom is 0.416 e. The third kappa shape index (κ3) is 5.13. The zero-order chi connectivity index (χ0) is 26.2. The summed E-state index contributed by atoms with van der Waals surface area (Å²) in [5.41, 5.74) is 4.71. The fraction of sp³-hybridized carbons (Fsp3) is 0.190. The summed E-state index contributed by atoms with van der Waals surface area (Å²) in [6, 6.07) is 10.8. The number of aliphatic hydroxyl groups excluding tert-OH is 1. The molecule has 15 heteroatoms. The van der Waals surface area contributed by atoms with Gasteiger partial charge >= 0.3 is 11.9 Å². The van der Waals surface area contributed by atoms with E-state index in [0.29, 0.717) is 9.59 Å². The number of primary amides is 1. The van der Waals surface area contributed by atoms with Gasteiger partial charge in [-0.2, -0.15) is 13.2 Å². The normalized spacial score (nSPS) is 12.6. The smallest absolute Gasteiger partial charge is 0.382 e. The lowest BCUT2D eigenvalue weighted by atomic mass is 10.2. The summed E-state index contributed by atoms with van der Waals surface area (Å²) in [5, 5.41) is 18.1. The molecule has 3 N–H and O–H groups in total. The quantitative estimate of drug-likeness (QED) is 0.355. The van der Waals surface area contributed by atoms with E-state index in [1.165, 1.54) is 42.5 Å². The molecule has 0 aliphatic rings. The second kappa shape index (κ2) is 9.54. The molecule has 0 saturated heterocycles. The van der Waals surface area contributed by atoms with Crippen LogP contribution in [0, 0.1) is 5.82 Å². The highest BCUT2D eigenvalue weighted by Gasteiger charge is 2.39. The van der Waals surface area contributed by atoms with Gasteiger partial charge in [0, 0.05) is 10.6 Å². The highest BCUT2D eigenvalue weighted by atomic mass is 35.5. The minimum absolute atomic E-state index is 0.121. The molecule has 0 saturated carbocycles. The number of amides is 1. The van der Waals surface area contributed by atoms with E-state index < -0.39 is 42.8 Å². The van der Waals surface area contributed by atoms with E-state index in [2.05, 4.69) is 15.2 Å². The van der Waals surface area contributed by atoms with E-state index in [-0.39, 0.29) is 28.7 Å². The van der Waals surface area contributed by atoms with Gasteiger partial charge in [-0.3, -0.25) is 9.36 Å². The van der Waals surface area contributed by atoms with Crippen LogP contribution in [0.1, 0.15) is 16.4 Å². The Morgan fingerprint density at radius 2 is 1.83 bits per heavy atom. The van der Waals surface area contributed by atoms with Gasteiger partial charge in [0.05, 0.1) is 12.2 Å². The average Bonchev–Trinajstić information content (AvgIpc) is 3.36. The van der Waals surface area contributed by atoms with Crippen molar-refractivity contribution in [2.45, 2.75) is 25.4 Å². The third-order valence-corrected chi connectivity index (χ3v) is 5.23. The molecule has 1 amide bonds. The van der Waals surface area contributed by atoms with Crippen molar-refractivity contribution in [1.29, 1.82) is 0 Å². The molecule has 0 spiro atoms. The number of rotatable bonds is 7. The lowest BCUT2D eigenvalue weighted by molar-refractivity contribution is -0.207. The monoisotopic (exact) mass is 525 g/mol. The molecule has 0 aliphatic carbocycles. The van der Waals surface area contributed by atoms with Gasteiger partial charge in [0.25, 0.3) is 5.91 Å². The second-order valence-corrected chi connectivity index (χ2v) is 7.98. The summed E-state index contributed by atoms with van der Waals surface area (Å²) in [7, 11) is 0. The van der Waals surface area contributed by atoms with Crippen LogP contribution in [-0.4, -0.2) is 52.4 Å². The number of carbonyl (C=O) groups is 1. The number of aliphatic hydroxyl groups is 1. The van der Waals surface area contributed by atoms with Gasteiger partial charge in [-0.15, -0.1) is 10.2 Å². The lowest BCUT2D eigenvalue weighted by Crippen LogP contribution is -2.37. The molecule has 2 heterocycles. The summed E-state index contributed by atoms with van der Waals surface area (Å²) in [4.78, 5) is 28.8. The SMILES string of the molecule is NC(=O)c1nc(Cn2nc(-c3ccc(Cl)cc3)n(CC(O)C(F)(F)F)c2=O)nn1-c1cccc(F)c1. The third-order valence-electron chi connectivity index (χ3n) is 4.97. The largest absolute Gasteiger partial charge is 0.416 e. The molecular formula is C21H16ClF4N7O3. The van der Waals surface area contributed by atoms with Crippen LogP contribution in [0.3, 0.4) is 0 Å². The van der Waals surface area contributed by atoms with Gasteiger partial charge in [-0.25, -0.2) is 23.5 Å². The molecule has 1 unspecified atom stereocenters. The van der Waals surface area contributed by atoms with Gasteiger partial charge < -0.3 is 10.8 Å². The fourth-order valence-electron chi connectivity index (χ4n) is 3.30. The van der Waals surface area contributed by atoms with E-state index in [0.717, 1.165) is 15.4 Å². The molecule has 0 aliphatic heterocycles. The molecule has 0 radical (unpaired) electrons. The molecule has 10 nitrogen and oxygen atoms in total. The zero-order valence-electron chi connectivity index (χ0n) is 18.0. The molecular weight excluding hydrogens is 510 g/mol. The summed E-state index contributed by atoms with van der Waals surface area (Å²) in [6.45, 7) is -1.60. The molecule has 188 valence electrons. The molecule has 1 atom stereocenters. The van der Waals surface area contributed by atoms with Gasteiger partial charge in [-0.1, -0.05) is 17.7 Å². The number of carbonyl (C=O) groups excluding carboxylic acids is 1. The highest BCUT2D eigenvalue weighted by molar-refractivity contribution is 6.30. The fourth-order valence-corrected chi connectivity index (χ4v) is 3.43. The van der Waals surface area contributed by atoms with Gasteiger partial charge in [-0.05, 0) is 42.5 Å². The predicted molar refractivity (Wildman–Crippen MR) is 118 cm³/mol. The molecule has 4 aromatic rings. The van der Waals surface area contributed by atoms with Crippen LogP contribution in [0.4, 0.5) is 17.6 Å². The Hall–Kier alpha value is -4.04. The van der Waals surface area contributed by atoms with Crippen molar-refractivity contribution >= 4 is 17.5 Å². The number of alkyl halides is 3. The topological polar surface area (TPSA) is 134 Å². The lowest BCUT2D eigenvalue weighted by Gasteiger charge is -2.15. The van der Waals surface area contributed by atoms with Crippen molar-refractivity contribution in [3.63, 3.8) is 0 Å². The zero-order valence-corrected chi connectivity index (χ0v) is 18.8. The second-order valence-electron chi connectivity index (χ2n) is 7.55. The first-order valence-corrected chi connectivity index (χ1v) is 10.5. The Labute approximate surface area is 204 Å². The van der Waals surface area contributed by atoms with Crippen LogP contribution in [0.25, 0.3) is 17.1 Å². The van der Waals surface area contributed by atoms with E-state index in [4.69, 9.17) is 17.3 Å². The van der Waals surface area contributed by atoms with Crippen molar-refractivity contribution in [3.05, 3.63) is 81.5 Å². The maximum atomic E-state index is 13.7. The number of aromatic nitrogens is 6. The van der Waals surface area contributed by atoms with Crippen molar-refractivity contribution in [2.75, 3.05) is 0 Å². The van der Waals surface area contributed by atoms with E-state index >= 15 is 0 Å². The minimum Gasteiger partial charge on any atom is -0.382 e. The number of nitrogens with two attached hydrogens (primary N) is 1. The standard InChI is InChI=1S/C21H16ClF4N7O3/c22-12-6-4-11(5-7-12)18-30-32(20(36)31(18)9-15(34)21(24,25)26)10-16-28-19(17(27)35)33(29-16)14-3-1-2-13(23)8-14/h1-8,15,34H,9-10H2,(H2,27,35). The van der Waals surface area contributed by atoms with Crippen molar-refractivity contribution in [3.8, 4) is 17.1 Å². The van der Waals surface area contributed by atoms with Crippen molar-refractivity contribution in [2.24, 2.45) is 5.73 Å². The number of halogens is 5. The Morgan fingerprint density at radius 1 is 1.14 bits per heavy atom. The van der Waals surface area contributed by atoms with Gasteiger partial charge in [0.1, 0.15) is 12.4 Å². The first kappa shape index (κ1) is 25.1. The predicted octanol–water partition coefficient (Wildman–Crippen LogP) is 2.16. The number of benzene rings is 2. The Bertz CT molecular complexity index is 1480. The van der Waals surface area contributed by atoms with Crippen LogP contribution < -0.4 is 11.4 Å². The summed E-state index contributed by atoms with van der Waals surface area (Å²) < 4.78 is 55.1. The molecule has 0 fully saturated rings. The van der Waals surface area contributed by atoms with E-state index in [1.54, 1.807) is 0 Å². The molecule has 2 aromatic carbocycles. The maximum absolute atomic E-state index is 13.7. The van der Waals surface area contributed by atoms with Crippen LogP contribution >= 0.6 is 11.6 Å². The molecule has 4 rings (SSSR count). The van der Waals surface area contributed by atoms with Gasteiger partial charge in [0.15, 0.2) is 17.8 Å².